The van der Waals surface area contributed by atoms with E-state index in [1.165, 1.54) is 12.0 Å². The molecule has 1 heterocycles. The van der Waals surface area contributed by atoms with Gasteiger partial charge < -0.3 is 15.6 Å². The Balaban J connectivity index is 2.21. The summed E-state index contributed by atoms with van der Waals surface area (Å²) in [6, 6.07) is 2.13. The van der Waals surface area contributed by atoms with Crippen molar-refractivity contribution in [1.82, 2.24) is 9.88 Å². The van der Waals surface area contributed by atoms with Crippen molar-refractivity contribution in [2.24, 2.45) is 11.7 Å². The largest absolute Gasteiger partial charge is 0.367 e. The number of H-pyrrole nitrogens is 1. The highest BCUT2D eigenvalue weighted by molar-refractivity contribution is 5.08. The van der Waals surface area contributed by atoms with E-state index < -0.39 is 0 Å². The normalized spacial score (nSPS) is 13.3. The van der Waals surface area contributed by atoms with Crippen LogP contribution in [0.3, 0.4) is 0 Å². The predicted molar refractivity (Wildman–Crippen MR) is 64.8 cm³/mol. The Morgan fingerprint density at radius 2 is 2.33 bits per heavy atom. The summed E-state index contributed by atoms with van der Waals surface area (Å²) in [5.74, 6) is 0.640. The van der Waals surface area contributed by atoms with E-state index in [9.17, 15) is 0 Å². The molecule has 1 aromatic heterocycles. The summed E-state index contributed by atoms with van der Waals surface area (Å²) in [6.07, 6.45) is 6.32. The van der Waals surface area contributed by atoms with Crippen molar-refractivity contribution in [3.05, 3.63) is 24.0 Å². The lowest BCUT2D eigenvalue weighted by Crippen LogP contribution is -2.31. The summed E-state index contributed by atoms with van der Waals surface area (Å²) >= 11 is 0. The molecule has 3 N–H and O–H groups in total. The first-order chi connectivity index (χ1) is 7.26. The molecule has 0 saturated heterocycles. The fraction of sp³-hybridized carbons (Fsp3) is 0.667. The summed E-state index contributed by atoms with van der Waals surface area (Å²) in [5.41, 5.74) is 7.07. The summed E-state index contributed by atoms with van der Waals surface area (Å²) < 4.78 is 0. The zero-order chi connectivity index (χ0) is 11.1. The lowest BCUT2D eigenvalue weighted by Gasteiger charge is -2.21. The Kier molecular flexibility index (Phi) is 5.43. The molecule has 1 atom stereocenters. The first-order valence-corrected chi connectivity index (χ1v) is 5.76. The molecule has 0 amide bonds. The van der Waals surface area contributed by atoms with Gasteiger partial charge in [0.25, 0.3) is 0 Å². The van der Waals surface area contributed by atoms with Crippen molar-refractivity contribution in [1.29, 1.82) is 0 Å². The molecule has 1 unspecified atom stereocenters. The van der Waals surface area contributed by atoms with Crippen molar-refractivity contribution in [3.63, 3.8) is 0 Å². The van der Waals surface area contributed by atoms with Crippen LogP contribution in [-0.4, -0.2) is 36.6 Å². The molecule has 3 nitrogen and oxygen atoms in total. The van der Waals surface area contributed by atoms with E-state index in [4.69, 9.17) is 5.73 Å². The maximum absolute atomic E-state index is 5.69. The molecule has 3 heteroatoms. The SMILES string of the molecule is CCC(CN)CN(C)CCc1cc[nH]c1. The third kappa shape index (κ3) is 4.49. The highest BCUT2D eigenvalue weighted by Crippen LogP contribution is 2.04. The van der Waals surface area contributed by atoms with Crippen LogP contribution in [0, 0.1) is 5.92 Å². The molecule has 86 valence electrons. The van der Waals surface area contributed by atoms with E-state index in [2.05, 4.69) is 36.1 Å². The standard InChI is InChI=1S/C12H23N3/c1-3-11(8-13)10-15(2)7-5-12-4-6-14-9-12/h4,6,9,11,14H,3,5,7-8,10,13H2,1-2H3. The highest BCUT2D eigenvalue weighted by Gasteiger charge is 2.07. The molecule has 0 saturated carbocycles. The number of rotatable bonds is 7. The minimum absolute atomic E-state index is 0.640. The lowest BCUT2D eigenvalue weighted by atomic mass is 10.1. The number of aromatic nitrogens is 1. The second-order valence-electron chi connectivity index (χ2n) is 4.24. The van der Waals surface area contributed by atoms with Crippen molar-refractivity contribution < 1.29 is 0 Å². The minimum atomic E-state index is 0.640. The van der Waals surface area contributed by atoms with Crippen molar-refractivity contribution in [2.75, 3.05) is 26.7 Å². The van der Waals surface area contributed by atoms with E-state index >= 15 is 0 Å². The zero-order valence-corrected chi connectivity index (χ0v) is 9.87. The van der Waals surface area contributed by atoms with E-state index in [0.29, 0.717) is 5.92 Å². The van der Waals surface area contributed by atoms with Gasteiger partial charge in [-0.05, 0) is 37.6 Å². The zero-order valence-electron chi connectivity index (χ0n) is 9.87. The molecule has 15 heavy (non-hydrogen) atoms. The van der Waals surface area contributed by atoms with Gasteiger partial charge in [-0.1, -0.05) is 13.3 Å². The number of nitrogens with zero attached hydrogens (tertiary/aromatic N) is 1. The first-order valence-electron chi connectivity index (χ1n) is 5.76. The summed E-state index contributed by atoms with van der Waals surface area (Å²) in [6.45, 7) is 5.22. The topological polar surface area (TPSA) is 45.0 Å². The van der Waals surface area contributed by atoms with Crippen LogP contribution >= 0.6 is 0 Å². The monoisotopic (exact) mass is 209 g/mol. The molecular formula is C12H23N3. The van der Waals surface area contributed by atoms with Crippen LogP contribution in [0.25, 0.3) is 0 Å². The van der Waals surface area contributed by atoms with Gasteiger partial charge in [0.15, 0.2) is 0 Å². The third-order valence-corrected chi connectivity index (χ3v) is 2.93. The van der Waals surface area contributed by atoms with Crippen LogP contribution in [0.15, 0.2) is 18.5 Å². The van der Waals surface area contributed by atoms with E-state index in [-0.39, 0.29) is 0 Å². The maximum Gasteiger partial charge on any atom is 0.00378 e. The number of likely N-dealkylation sites (N-methyl/N-ethyl adjacent to an activating group) is 1. The number of nitrogens with two attached hydrogens (primary N) is 1. The van der Waals surface area contributed by atoms with Gasteiger partial charge in [0.05, 0.1) is 0 Å². The van der Waals surface area contributed by atoms with Gasteiger partial charge in [-0.3, -0.25) is 0 Å². The minimum Gasteiger partial charge on any atom is -0.367 e. The smallest absolute Gasteiger partial charge is 0.00378 e. The Hall–Kier alpha value is -0.800. The van der Waals surface area contributed by atoms with Crippen LogP contribution in [0.2, 0.25) is 0 Å². The van der Waals surface area contributed by atoms with Crippen LogP contribution < -0.4 is 5.73 Å². The van der Waals surface area contributed by atoms with E-state index in [0.717, 1.165) is 26.1 Å². The number of hydrogen-bond donors (Lipinski definition) is 2. The van der Waals surface area contributed by atoms with Gasteiger partial charge >= 0.3 is 0 Å². The molecule has 0 aliphatic heterocycles. The van der Waals surface area contributed by atoms with E-state index in [1.807, 2.05) is 6.20 Å². The first kappa shape index (κ1) is 12.3. The average Bonchev–Trinajstić information content (AvgIpc) is 2.75. The van der Waals surface area contributed by atoms with Crippen molar-refractivity contribution in [2.45, 2.75) is 19.8 Å². The molecule has 0 bridgehead atoms. The molecule has 0 aromatic carbocycles. The molecule has 0 spiro atoms. The molecule has 1 rings (SSSR count). The Morgan fingerprint density at radius 1 is 1.53 bits per heavy atom. The second kappa shape index (κ2) is 6.64. The molecule has 0 aliphatic rings. The van der Waals surface area contributed by atoms with E-state index in [1.54, 1.807) is 0 Å². The van der Waals surface area contributed by atoms with Gasteiger partial charge in [-0.2, -0.15) is 0 Å². The number of nitrogens with one attached hydrogen (secondary N) is 1. The van der Waals surface area contributed by atoms with Gasteiger partial charge in [0.2, 0.25) is 0 Å². The van der Waals surface area contributed by atoms with Gasteiger partial charge in [-0.15, -0.1) is 0 Å². The summed E-state index contributed by atoms with van der Waals surface area (Å²) in [7, 11) is 2.17. The van der Waals surface area contributed by atoms with Gasteiger partial charge in [-0.25, -0.2) is 0 Å². The highest BCUT2D eigenvalue weighted by atomic mass is 15.1. The van der Waals surface area contributed by atoms with Gasteiger partial charge in [0.1, 0.15) is 0 Å². The van der Waals surface area contributed by atoms with Gasteiger partial charge in [0, 0.05) is 25.5 Å². The fourth-order valence-corrected chi connectivity index (χ4v) is 1.74. The fourth-order valence-electron chi connectivity index (χ4n) is 1.74. The average molecular weight is 209 g/mol. The molecule has 0 aliphatic carbocycles. The molecule has 0 fully saturated rings. The second-order valence-corrected chi connectivity index (χ2v) is 4.24. The van der Waals surface area contributed by atoms with Crippen LogP contribution in [0.5, 0.6) is 0 Å². The molecule has 1 aromatic rings. The Bertz CT molecular complexity index is 239. The molecule has 0 radical (unpaired) electrons. The number of hydrogen-bond acceptors (Lipinski definition) is 2. The quantitative estimate of drug-likeness (QED) is 0.714. The van der Waals surface area contributed by atoms with Crippen molar-refractivity contribution in [3.8, 4) is 0 Å². The predicted octanol–water partition coefficient (Wildman–Crippen LogP) is 1.47. The van der Waals surface area contributed by atoms with Crippen molar-refractivity contribution >= 4 is 0 Å². The van der Waals surface area contributed by atoms with Crippen LogP contribution in [0.1, 0.15) is 18.9 Å². The lowest BCUT2D eigenvalue weighted by molar-refractivity contribution is 0.277. The maximum atomic E-state index is 5.69. The van der Waals surface area contributed by atoms with Crippen LogP contribution in [-0.2, 0) is 6.42 Å². The van der Waals surface area contributed by atoms with Crippen LogP contribution in [0.4, 0.5) is 0 Å². The Morgan fingerprint density at radius 3 is 2.87 bits per heavy atom. The summed E-state index contributed by atoms with van der Waals surface area (Å²) in [5, 5.41) is 0. The molecular weight excluding hydrogens is 186 g/mol. The number of aromatic amines is 1. The Labute approximate surface area is 92.7 Å². The summed E-state index contributed by atoms with van der Waals surface area (Å²) in [4.78, 5) is 5.45. The third-order valence-electron chi connectivity index (χ3n) is 2.93.